The molecule has 1 aromatic rings. The van der Waals surface area contributed by atoms with Crippen molar-refractivity contribution in [3.8, 4) is 0 Å². The second-order valence-corrected chi connectivity index (χ2v) is 7.85. The highest BCUT2D eigenvalue weighted by atomic mass is 79.9. The highest BCUT2D eigenvalue weighted by Crippen LogP contribution is 2.21. The Hall–Kier alpha value is -1.73. The van der Waals surface area contributed by atoms with Gasteiger partial charge < -0.3 is 0 Å². The normalized spacial score (nSPS) is 17.3. The molecule has 7 heteroatoms. The molecule has 0 saturated heterocycles. The van der Waals surface area contributed by atoms with E-state index in [1.54, 1.807) is 25.1 Å². The van der Waals surface area contributed by atoms with E-state index in [4.69, 9.17) is 4.28 Å². The summed E-state index contributed by atoms with van der Waals surface area (Å²) in [5.74, 6) is -0.0765. The van der Waals surface area contributed by atoms with Crippen molar-refractivity contribution in [1.82, 2.24) is 0 Å². The Morgan fingerprint density at radius 3 is 2.30 bits per heavy atom. The summed E-state index contributed by atoms with van der Waals surface area (Å²) in [5, 5.41) is 3.72. The van der Waals surface area contributed by atoms with Gasteiger partial charge in [-0.3, -0.25) is 9.08 Å². The van der Waals surface area contributed by atoms with E-state index in [9.17, 15) is 13.2 Å². The standard InChI is InChI=1S/C16H16BrNO4S/c1-10(2)14-9-15(11(3)8-16(14)19)18-22-23(20,21)13-6-4-12(17)5-7-13/h4-10H,1-3H3/b18-15-. The quantitative estimate of drug-likeness (QED) is 0.574. The molecule has 1 aliphatic carbocycles. The van der Waals surface area contributed by atoms with Gasteiger partial charge in [0.2, 0.25) is 0 Å². The van der Waals surface area contributed by atoms with E-state index in [-0.39, 0.29) is 16.6 Å². The topological polar surface area (TPSA) is 72.8 Å². The minimum Gasteiger partial charge on any atom is -0.290 e. The summed E-state index contributed by atoms with van der Waals surface area (Å²) in [5.41, 5.74) is 1.46. The van der Waals surface area contributed by atoms with E-state index < -0.39 is 10.1 Å². The van der Waals surface area contributed by atoms with E-state index in [0.29, 0.717) is 16.9 Å². The number of carbonyl (C=O) groups is 1. The minimum absolute atomic E-state index is 0.00614. The largest absolute Gasteiger partial charge is 0.358 e. The van der Waals surface area contributed by atoms with Crippen LogP contribution in [0.5, 0.6) is 0 Å². The third kappa shape index (κ3) is 4.17. The van der Waals surface area contributed by atoms with Gasteiger partial charge in [0.15, 0.2) is 5.78 Å². The molecule has 23 heavy (non-hydrogen) atoms. The van der Waals surface area contributed by atoms with Crippen LogP contribution < -0.4 is 0 Å². The first-order valence-electron chi connectivity index (χ1n) is 6.92. The molecule has 0 heterocycles. The van der Waals surface area contributed by atoms with Gasteiger partial charge in [-0.15, -0.1) is 0 Å². The lowest BCUT2D eigenvalue weighted by Gasteiger charge is -2.14. The van der Waals surface area contributed by atoms with Crippen LogP contribution >= 0.6 is 15.9 Å². The molecule has 0 aliphatic heterocycles. The Morgan fingerprint density at radius 2 is 1.74 bits per heavy atom. The number of benzene rings is 1. The minimum atomic E-state index is -4.00. The number of nitrogens with zero attached hydrogens (tertiary/aromatic N) is 1. The number of allylic oxidation sites excluding steroid dienone is 4. The number of halogens is 1. The van der Waals surface area contributed by atoms with Gasteiger partial charge in [0.25, 0.3) is 0 Å². The fourth-order valence-electron chi connectivity index (χ4n) is 1.97. The van der Waals surface area contributed by atoms with E-state index in [1.807, 2.05) is 13.8 Å². The Bertz CT molecular complexity index is 818. The second kappa shape index (κ2) is 6.80. The molecule has 0 fully saturated rings. The van der Waals surface area contributed by atoms with Crippen LogP contribution in [0.15, 0.2) is 62.1 Å². The molecule has 0 atom stereocenters. The van der Waals surface area contributed by atoms with Crippen molar-refractivity contribution in [2.45, 2.75) is 25.7 Å². The summed E-state index contributed by atoms with van der Waals surface area (Å²) >= 11 is 3.24. The van der Waals surface area contributed by atoms with Crippen LogP contribution in [0.25, 0.3) is 0 Å². The Labute approximate surface area is 144 Å². The number of ketones is 1. The smallest absolute Gasteiger partial charge is 0.290 e. The van der Waals surface area contributed by atoms with E-state index >= 15 is 0 Å². The van der Waals surface area contributed by atoms with Crippen molar-refractivity contribution >= 4 is 37.5 Å². The molecular formula is C16H16BrNO4S. The maximum absolute atomic E-state index is 12.1. The summed E-state index contributed by atoms with van der Waals surface area (Å²) in [7, 11) is -4.00. The van der Waals surface area contributed by atoms with Crippen molar-refractivity contribution in [1.29, 1.82) is 0 Å². The summed E-state index contributed by atoms with van der Waals surface area (Å²) < 4.78 is 29.8. The molecule has 1 aromatic carbocycles. The van der Waals surface area contributed by atoms with Gasteiger partial charge in [-0.2, -0.15) is 8.42 Å². The van der Waals surface area contributed by atoms with E-state index in [1.165, 1.54) is 18.2 Å². The lowest BCUT2D eigenvalue weighted by Crippen LogP contribution is -2.16. The monoisotopic (exact) mass is 397 g/mol. The zero-order valence-electron chi connectivity index (χ0n) is 12.9. The molecule has 122 valence electrons. The average Bonchev–Trinajstić information content (AvgIpc) is 2.46. The van der Waals surface area contributed by atoms with Crippen LogP contribution in [0.3, 0.4) is 0 Å². The Morgan fingerprint density at radius 1 is 1.13 bits per heavy atom. The Kier molecular flexibility index (Phi) is 5.21. The highest BCUT2D eigenvalue weighted by molar-refractivity contribution is 9.10. The molecule has 0 radical (unpaired) electrons. The molecule has 0 unspecified atom stereocenters. The lowest BCUT2D eigenvalue weighted by atomic mass is 9.90. The SMILES string of the molecule is CC1=CC(=O)C(C(C)C)=C/C1=N/OS(=O)(=O)c1ccc(Br)cc1. The molecule has 0 aromatic heterocycles. The number of rotatable bonds is 4. The van der Waals surface area contributed by atoms with Crippen LogP contribution in [0, 0.1) is 5.92 Å². The average molecular weight is 398 g/mol. The molecule has 0 N–H and O–H groups in total. The van der Waals surface area contributed by atoms with Crippen molar-refractivity contribution < 1.29 is 17.5 Å². The molecule has 0 spiro atoms. The van der Waals surface area contributed by atoms with Crippen LogP contribution in [-0.2, 0) is 19.2 Å². The molecule has 2 rings (SSSR count). The first-order valence-corrected chi connectivity index (χ1v) is 9.12. The van der Waals surface area contributed by atoms with Crippen LogP contribution in [-0.4, -0.2) is 19.9 Å². The summed E-state index contributed by atoms with van der Waals surface area (Å²) in [6.07, 6.45) is 3.00. The molecule has 0 amide bonds. The Balaban J connectivity index is 2.29. The maximum Gasteiger partial charge on any atom is 0.358 e. The van der Waals surface area contributed by atoms with Crippen LogP contribution in [0.4, 0.5) is 0 Å². The zero-order chi connectivity index (χ0) is 17.2. The van der Waals surface area contributed by atoms with Crippen LogP contribution in [0.2, 0.25) is 0 Å². The van der Waals surface area contributed by atoms with Gasteiger partial charge >= 0.3 is 10.1 Å². The number of oxime groups is 1. The first-order chi connectivity index (χ1) is 10.7. The predicted octanol–water partition coefficient (Wildman–Crippen LogP) is 3.62. The van der Waals surface area contributed by atoms with Gasteiger partial charge in [-0.25, -0.2) is 0 Å². The molecule has 0 bridgehead atoms. The second-order valence-electron chi connectivity index (χ2n) is 5.41. The summed E-state index contributed by atoms with van der Waals surface area (Å²) in [6, 6.07) is 6.04. The van der Waals surface area contributed by atoms with Crippen molar-refractivity contribution in [3.05, 3.63) is 52.0 Å². The highest BCUT2D eigenvalue weighted by Gasteiger charge is 2.21. The first kappa shape index (κ1) is 17.6. The van der Waals surface area contributed by atoms with Crippen molar-refractivity contribution in [3.63, 3.8) is 0 Å². The van der Waals surface area contributed by atoms with Gasteiger partial charge in [0.1, 0.15) is 10.6 Å². The molecule has 0 saturated carbocycles. The third-order valence-electron chi connectivity index (χ3n) is 3.29. The molecule has 1 aliphatic rings. The van der Waals surface area contributed by atoms with Gasteiger partial charge in [-0.1, -0.05) is 34.9 Å². The van der Waals surface area contributed by atoms with E-state index in [2.05, 4.69) is 21.1 Å². The number of carbonyl (C=O) groups excluding carboxylic acids is 1. The molecule has 5 nitrogen and oxygen atoms in total. The van der Waals surface area contributed by atoms with Gasteiger partial charge in [0, 0.05) is 10.0 Å². The fourth-order valence-corrected chi connectivity index (χ4v) is 2.97. The zero-order valence-corrected chi connectivity index (χ0v) is 15.3. The lowest BCUT2D eigenvalue weighted by molar-refractivity contribution is -0.111. The van der Waals surface area contributed by atoms with E-state index in [0.717, 1.165) is 4.47 Å². The predicted molar refractivity (Wildman–Crippen MR) is 91.5 cm³/mol. The van der Waals surface area contributed by atoms with Crippen molar-refractivity contribution in [2.75, 3.05) is 0 Å². The fraction of sp³-hybridized carbons (Fsp3) is 0.250. The van der Waals surface area contributed by atoms with Gasteiger partial charge in [0.05, 0.1) is 0 Å². The van der Waals surface area contributed by atoms with Gasteiger partial charge in [-0.05, 0) is 54.8 Å². The maximum atomic E-state index is 12.1. The van der Waals surface area contributed by atoms with Crippen LogP contribution in [0.1, 0.15) is 20.8 Å². The van der Waals surface area contributed by atoms with Crippen molar-refractivity contribution in [2.24, 2.45) is 11.1 Å². The number of hydrogen-bond donors (Lipinski definition) is 0. The third-order valence-corrected chi connectivity index (χ3v) is 4.94. The molecular weight excluding hydrogens is 382 g/mol. The summed E-state index contributed by atoms with van der Waals surface area (Å²) in [6.45, 7) is 5.45. The number of hydrogen-bond acceptors (Lipinski definition) is 5. The summed E-state index contributed by atoms with van der Waals surface area (Å²) in [4.78, 5) is 11.9.